The van der Waals surface area contributed by atoms with Crippen LogP contribution in [0.5, 0.6) is 0 Å². The van der Waals surface area contributed by atoms with Crippen molar-refractivity contribution < 1.29 is 18.0 Å². The van der Waals surface area contributed by atoms with Gasteiger partial charge in [-0.3, -0.25) is 4.79 Å². The number of anilines is 2. The van der Waals surface area contributed by atoms with Gasteiger partial charge in [-0.2, -0.15) is 13.2 Å². The molecule has 0 fully saturated rings. The molecular formula is C17H18F3N3O. The number of benzene rings is 1. The van der Waals surface area contributed by atoms with E-state index in [-0.39, 0.29) is 17.4 Å². The van der Waals surface area contributed by atoms with Crippen molar-refractivity contribution in [1.29, 1.82) is 0 Å². The zero-order valence-electron chi connectivity index (χ0n) is 13.2. The van der Waals surface area contributed by atoms with Gasteiger partial charge in [-0.05, 0) is 30.7 Å². The van der Waals surface area contributed by atoms with Crippen molar-refractivity contribution in [2.75, 3.05) is 11.9 Å². The number of pyridine rings is 1. The first-order chi connectivity index (χ1) is 11.4. The van der Waals surface area contributed by atoms with Crippen LogP contribution in [0.15, 0.2) is 42.6 Å². The quantitative estimate of drug-likeness (QED) is 0.770. The summed E-state index contributed by atoms with van der Waals surface area (Å²) in [6.45, 7) is 2.57. The topological polar surface area (TPSA) is 54.0 Å². The molecule has 0 spiro atoms. The molecular weight excluding hydrogens is 319 g/mol. The highest BCUT2D eigenvalue weighted by molar-refractivity contribution is 5.94. The Balaban J connectivity index is 2.17. The van der Waals surface area contributed by atoms with Gasteiger partial charge in [0, 0.05) is 18.3 Å². The van der Waals surface area contributed by atoms with E-state index in [2.05, 4.69) is 15.6 Å². The Hall–Kier alpha value is -2.57. The van der Waals surface area contributed by atoms with E-state index >= 15 is 0 Å². The van der Waals surface area contributed by atoms with Crippen molar-refractivity contribution in [2.24, 2.45) is 0 Å². The number of unbranched alkanes of at least 4 members (excludes halogenated alkanes) is 1. The molecule has 0 aliphatic carbocycles. The lowest BCUT2D eigenvalue weighted by molar-refractivity contribution is -0.136. The molecule has 7 heteroatoms. The molecule has 0 atom stereocenters. The van der Waals surface area contributed by atoms with Gasteiger partial charge >= 0.3 is 6.18 Å². The molecule has 0 saturated carbocycles. The maximum Gasteiger partial charge on any atom is 0.418 e. The number of para-hydroxylation sites is 1. The summed E-state index contributed by atoms with van der Waals surface area (Å²) in [5, 5.41) is 5.38. The van der Waals surface area contributed by atoms with Gasteiger partial charge in [-0.25, -0.2) is 4.98 Å². The lowest BCUT2D eigenvalue weighted by Crippen LogP contribution is -2.24. The van der Waals surface area contributed by atoms with E-state index in [0.29, 0.717) is 12.1 Å². The van der Waals surface area contributed by atoms with Crippen LogP contribution in [0.4, 0.5) is 24.7 Å². The minimum Gasteiger partial charge on any atom is -0.352 e. The third-order valence-electron chi connectivity index (χ3n) is 3.33. The van der Waals surface area contributed by atoms with Gasteiger partial charge in [0.25, 0.3) is 5.91 Å². The predicted molar refractivity (Wildman–Crippen MR) is 86.2 cm³/mol. The van der Waals surface area contributed by atoms with Crippen molar-refractivity contribution >= 4 is 17.4 Å². The second kappa shape index (κ2) is 7.81. The Bertz CT molecular complexity index is 701. The fraction of sp³-hybridized carbons (Fsp3) is 0.294. The Morgan fingerprint density at radius 3 is 2.67 bits per heavy atom. The number of amides is 1. The fourth-order valence-electron chi connectivity index (χ4n) is 2.10. The number of hydrogen-bond donors (Lipinski definition) is 2. The van der Waals surface area contributed by atoms with Crippen LogP contribution < -0.4 is 10.6 Å². The summed E-state index contributed by atoms with van der Waals surface area (Å²) in [4.78, 5) is 16.0. The minimum atomic E-state index is -4.47. The Labute approximate surface area is 138 Å². The van der Waals surface area contributed by atoms with Gasteiger partial charge in [0.1, 0.15) is 5.82 Å². The molecule has 2 N–H and O–H groups in total. The molecule has 2 aromatic rings. The van der Waals surface area contributed by atoms with Crippen LogP contribution >= 0.6 is 0 Å². The van der Waals surface area contributed by atoms with Crippen molar-refractivity contribution in [3.05, 3.63) is 53.7 Å². The summed E-state index contributed by atoms with van der Waals surface area (Å²) in [5.74, 6) is -0.104. The molecule has 0 aliphatic rings. The summed E-state index contributed by atoms with van der Waals surface area (Å²) < 4.78 is 39.0. The number of nitrogens with zero attached hydrogens (tertiary/aromatic N) is 1. The predicted octanol–water partition coefficient (Wildman–Crippen LogP) is 4.37. The van der Waals surface area contributed by atoms with Gasteiger partial charge in [0.2, 0.25) is 0 Å². The molecule has 1 amide bonds. The second-order valence-electron chi connectivity index (χ2n) is 5.21. The number of nitrogens with one attached hydrogen (secondary N) is 2. The zero-order chi connectivity index (χ0) is 17.6. The van der Waals surface area contributed by atoms with E-state index in [9.17, 15) is 18.0 Å². The average Bonchev–Trinajstić information content (AvgIpc) is 2.55. The smallest absolute Gasteiger partial charge is 0.352 e. The van der Waals surface area contributed by atoms with Gasteiger partial charge < -0.3 is 10.6 Å². The second-order valence-corrected chi connectivity index (χ2v) is 5.21. The first kappa shape index (κ1) is 17.8. The maximum atomic E-state index is 13.0. The number of carbonyl (C=O) groups is 1. The molecule has 1 aromatic heterocycles. The first-order valence-electron chi connectivity index (χ1n) is 7.59. The van der Waals surface area contributed by atoms with Crippen LogP contribution in [0.25, 0.3) is 0 Å². The zero-order valence-corrected chi connectivity index (χ0v) is 13.2. The molecule has 0 unspecified atom stereocenters. The van der Waals surface area contributed by atoms with E-state index in [1.54, 1.807) is 0 Å². The molecule has 0 bridgehead atoms. The summed E-state index contributed by atoms with van der Waals surface area (Å²) in [7, 11) is 0. The standard InChI is InChI=1S/C17H18F3N3O/c1-2-3-9-22-16(24)12-8-10-21-15(11-12)23-14-7-5-4-6-13(14)17(18,19)20/h4-8,10-11H,2-3,9H2,1H3,(H,21,23)(H,22,24). The van der Waals surface area contributed by atoms with Crippen LogP contribution in [0, 0.1) is 0 Å². The van der Waals surface area contributed by atoms with Crippen LogP contribution in [0.2, 0.25) is 0 Å². The van der Waals surface area contributed by atoms with Crippen LogP contribution in [0.3, 0.4) is 0 Å². The van der Waals surface area contributed by atoms with Crippen molar-refractivity contribution in [3.8, 4) is 0 Å². The highest BCUT2D eigenvalue weighted by atomic mass is 19.4. The van der Waals surface area contributed by atoms with Crippen molar-refractivity contribution in [3.63, 3.8) is 0 Å². The van der Waals surface area contributed by atoms with Crippen molar-refractivity contribution in [1.82, 2.24) is 10.3 Å². The number of hydrogen-bond acceptors (Lipinski definition) is 3. The lowest BCUT2D eigenvalue weighted by Gasteiger charge is -2.14. The molecule has 4 nitrogen and oxygen atoms in total. The summed E-state index contributed by atoms with van der Waals surface area (Å²) in [6, 6.07) is 8.07. The van der Waals surface area contributed by atoms with Gasteiger partial charge in [0.15, 0.2) is 0 Å². The normalized spacial score (nSPS) is 11.2. The monoisotopic (exact) mass is 337 g/mol. The molecule has 2 rings (SSSR count). The molecule has 0 saturated heterocycles. The third-order valence-corrected chi connectivity index (χ3v) is 3.33. The first-order valence-corrected chi connectivity index (χ1v) is 7.59. The number of alkyl halides is 3. The van der Waals surface area contributed by atoms with Crippen molar-refractivity contribution in [2.45, 2.75) is 25.9 Å². The fourth-order valence-corrected chi connectivity index (χ4v) is 2.10. The van der Waals surface area contributed by atoms with Gasteiger partial charge in [0.05, 0.1) is 11.3 Å². The molecule has 0 radical (unpaired) electrons. The number of aromatic nitrogens is 1. The molecule has 1 heterocycles. The Kier molecular flexibility index (Phi) is 5.78. The summed E-state index contributed by atoms with van der Waals surface area (Å²) in [6.07, 6.45) is -1.27. The Morgan fingerprint density at radius 1 is 1.21 bits per heavy atom. The average molecular weight is 337 g/mol. The van der Waals surface area contributed by atoms with E-state index in [0.717, 1.165) is 18.9 Å². The molecule has 0 aliphatic heterocycles. The van der Waals surface area contributed by atoms with E-state index in [1.165, 1.54) is 36.5 Å². The van der Waals surface area contributed by atoms with E-state index in [1.807, 2.05) is 6.92 Å². The van der Waals surface area contributed by atoms with Crippen LogP contribution in [-0.2, 0) is 6.18 Å². The maximum absolute atomic E-state index is 13.0. The third kappa shape index (κ3) is 4.71. The largest absolute Gasteiger partial charge is 0.418 e. The van der Waals surface area contributed by atoms with Gasteiger partial charge in [-0.15, -0.1) is 0 Å². The SMILES string of the molecule is CCCCNC(=O)c1ccnc(Nc2ccccc2C(F)(F)F)c1. The highest BCUT2D eigenvalue weighted by Crippen LogP contribution is 2.35. The van der Waals surface area contributed by atoms with E-state index in [4.69, 9.17) is 0 Å². The molecule has 128 valence electrons. The lowest BCUT2D eigenvalue weighted by atomic mass is 10.1. The van der Waals surface area contributed by atoms with Gasteiger partial charge in [-0.1, -0.05) is 25.5 Å². The molecule has 24 heavy (non-hydrogen) atoms. The summed E-state index contributed by atoms with van der Waals surface area (Å²) >= 11 is 0. The highest BCUT2D eigenvalue weighted by Gasteiger charge is 2.33. The number of halogens is 3. The number of carbonyl (C=O) groups excluding carboxylic acids is 1. The minimum absolute atomic E-state index is 0.110. The Morgan fingerprint density at radius 2 is 1.96 bits per heavy atom. The summed E-state index contributed by atoms with van der Waals surface area (Å²) in [5.41, 5.74) is -0.557. The van der Waals surface area contributed by atoms with Crippen LogP contribution in [0.1, 0.15) is 35.7 Å². The van der Waals surface area contributed by atoms with E-state index < -0.39 is 11.7 Å². The number of rotatable bonds is 6. The van der Waals surface area contributed by atoms with Crippen LogP contribution in [-0.4, -0.2) is 17.4 Å². The molecule has 1 aromatic carbocycles.